The summed E-state index contributed by atoms with van der Waals surface area (Å²) >= 11 is 5.86. The van der Waals surface area contributed by atoms with Gasteiger partial charge in [-0.05, 0) is 32.6 Å². The van der Waals surface area contributed by atoms with Crippen molar-refractivity contribution in [2.75, 3.05) is 31.9 Å². The van der Waals surface area contributed by atoms with Gasteiger partial charge in [-0.15, -0.1) is 0 Å². The van der Waals surface area contributed by atoms with Crippen molar-refractivity contribution in [3.63, 3.8) is 0 Å². The lowest BCUT2D eigenvalue weighted by Gasteiger charge is -2.07. The van der Waals surface area contributed by atoms with Crippen LogP contribution in [0.2, 0.25) is 5.15 Å². The van der Waals surface area contributed by atoms with Crippen molar-refractivity contribution in [2.45, 2.75) is 33.5 Å². The van der Waals surface area contributed by atoms with Gasteiger partial charge in [0.15, 0.2) is 22.5 Å². The van der Waals surface area contributed by atoms with Crippen LogP contribution < -0.4 is 20.9 Å². The van der Waals surface area contributed by atoms with Crippen LogP contribution in [0.3, 0.4) is 0 Å². The van der Waals surface area contributed by atoms with Crippen LogP contribution in [-0.4, -0.2) is 52.5 Å². The molecule has 0 saturated carbocycles. The van der Waals surface area contributed by atoms with E-state index < -0.39 is 13.7 Å². The van der Waals surface area contributed by atoms with Crippen LogP contribution in [-0.2, 0) is 28.9 Å². The van der Waals surface area contributed by atoms with E-state index >= 15 is 0 Å². The zero-order chi connectivity index (χ0) is 25.5. The molecule has 4 N–H and O–H groups in total. The number of nitrogen functional groups attached to an aromatic ring is 1. The largest absolute Gasteiger partial charge is 0.382 e. The average Bonchev–Trinajstić information content (AvgIpc) is 3.14. The van der Waals surface area contributed by atoms with Crippen molar-refractivity contribution >= 4 is 48.1 Å². The number of hydrogen-bond acceptors (Lipinski definition) is 7. The minimum atomic E-state index is -1.69. The number of nitrogens with one attached hydrogen (secondary N) is 2. The highest BCUT2D eigenvalue weighted by Crippen LogP contribution is 2.18. The number of fused-ring (bicyclic) bond motifs is 1. The third kappa shape index (κ3) is 6.36. The normalized spacial score (nSPS) is 12.0. The number of nitrogens with zero attached hydrogens (tertiary/aromatic N) is 4. The second kappa shape index (κ2) is 12.1. The zero-order valence-corrected chi connectivity index (χ0v) is 21.7. The molecule has 0 spiro atoms. The van der Waals surface area contributed by atoms with Crippen LogP contribution in [0, 0.1) is 0 Å². The van der Waals surface area contributed by atoms with Crippen molar-refractivity contribution in [2.24, 2.45) is 0 Å². The topological polar surface area (TPSA) is 145 Å². The molecule has 3 rings (SSSR count). The van der Waals surface area contributed by atoms with E-state index in [2.05, 4.69) is 25.2 Å². The highest BCUT2D eigenvalue weighted by Gasteiger charge is 2.25. The van der Waals surface area contributed by atoms with Crippen LogP contribution in [0.5, 0.6) is 0 Å². The lowest BCUT2D eigenvalue weighted by atomic mass is 10.2. The molecule has 11 nitrogen and oxygen atoms in total. The molecule has 0 aliphatic rings. The summed E-state index contributed by atoms with van der Waals surface area (Å²) in [5.41, 5.74) is 8.06. The molecule has 0 fully saturated rings. The molecule has 0 aliphatic carbocycles. The van der Waals surface area contributed by atoms with E-state index in [1.807, 2.05) is 30.5 Å². The van der Waals surface area contributed by atoms with Gasteiger partial charge < -0.3 is 25.7 Å². The van der Waals surface area contributed by atoms with Crippen molar-refractivity contribution in [1.82, 2.24) is 25.2 Å². The predicted molar refractivity (Wildman–Crippen MR) is 134 cm³/mol. The molecular weight excluding hydrogens is 493 g/mol. The number of amides is 2. The Morgan fingerprint density at radius 2 is 2.03 bits per heavy atom. The summed E-state index contributed by atoms with van der Waals surface area (Å²) in [6.07, 6.45) is 1.49. The summed E-state index contributed by atoms with van der Waals surface area (Å²) in [4.78, 5) is 33.2. The van der Waals surface area contributed by atoms with E-state index in [9.17, 15) is 14.2 Å². The molecule has 13 heteroatoms. The number of ether oxygens (including phenoxy) is 1. The lowest BCUT2D eigenvalue weighted by molar-refractivity contribution is -0.676. The molecule has 0 aliphatic heterocycles. The highest BCUT2D eigenvalue weighted by atomic mass is 35.5. The second-order valence-corrected chi connectivity index (χ2v) is 9.81. The molecule has 1 unspecified atom stereocenters. The van der Waals surface area contributed by atoms with Gasteiger partial charge in [0, 0.05) is 18.2 Å². The number of aromatic nitrogens is 4. The average molecular weight is 523 g/mol. The van der Waals surface area contributed by atoms with E-state index in [0.29, 0.717) is 31.8 Å². The molecule has 1 aromatic carbocycles. The van der Waals surface area contributed by atoms with E-state index in [-0.39, 0.29) is 35.5 Å². The smallest absolute Gasteiger partial charge is 0.277 e. The van der Waals surface area contributed by atoms with Gasteiger partial charge in [-0.2, -0.15) is 0 Å². The Bertz CT molecular complexity index is 1260. The van der Waals surface area contributed by atoms with Crippen molar-refractivity contribution in [1.29, 1.82) is 0 Å². The van der Waals surface area contributed by atoms with E-state index in [1.165, 1.54) is 6.20 Å². The fourth-order valence-electron chi connectivity index (χ4n) is 3.77. The predicted octanol–water partition coefficient (Wildman–Crippen LogP) is 1.82. The second-order valence-electron chi connectivity index (χ2n) is 7.73. The number of aryl methyl sites for hydroxylation is 2. The Kier molecular flexibility index (Phi) is 9.20. The molecule has 0 radical (unpaired) electrons. The number of imidazole rings is 1. The van der Waals surface area contributed by atoms with Gasteiger partial charge in [0.05, 0.1) is 40.0 Å². The van der Waals surface area contributed by atoms with Gasteiger partial charge in [-0.1, -0.05) is 11.6 Å². The first-order valence-electron chi connectivity index (χ1n) is 11.2. The molecule has 2 heterocycles. The van der Waals surface area contributed by atoms with E-state index in [0.717, 1.165) is 16.9 Å². The molecule has 2 amide bonds. The summed E-state index contributed by atoms with van der Waals surface area (Å²) in [7, 11) is -1.69. The van der Waals surface area contributed by atoms with Gasteiger partial charge in [0.2, 0.25) is 0 Å². The number of nitrogens with two attached hydrogens (primary N) is 1. The Hall–Kier alpha value is -3.01. The molecule has 0 bridgehead atoms. The fourth-order valence-corrected chi connectivity index (χ4v) is 4.34. The Balaban J connectivity index is 1.81. The van der Waals surface area contributed by atoms with Crippen LogP contribution >= 0.6 is 19.4 Å². The van der Waals surface area contributed by atoms with Crippen LogP contribution in [0.15, 0.2) is 24.4 Å². The highest BCUT2D eigenvalue weighted by molar-refractivity contribution is 7.43. The number of halogens is 1. The summed E-state index contributed by atoms with van der Waals surface area (Å²) in [6.45, 7) is 7.76. The molecule has 188 valence electrons. The number of carbonyl (C=O) groups is 2. The van der Waals surface area contributed by atoms with E-state index in [4.69, 9.17) is 22.1 Å². The van der Waals surface area contributed by atoms with Gasteiger partial charge >= 0.3 is 0 Å². The minimum Gasteiger partial charge on any atom is -0.382 e. The first-order chi connectivity index (χ1) is 16.8. The first-order valence-corrected chi connectivity index (χ1v) is 13.7. The minimum absolute atomic E-state index is 0.00332. The third-order valence-electron chi connectivity index (χ3n) is 5.31. The maximum atomic E-state index is 12.7. The summed E-state index contributed by atoms with van der Waals surface area (Å²) in [5.74, 6) is 0.143. The Morgan fingerprint density at radius 3 is 2.71 bits per heavy atom. The van der Waals surface area contributed by atoms with Gasteiger partial charge in [0.1, 0.15) is 11.7 Å². The molecule has 0 saturated heterocycles. The SMILES string of the molecule is CCn1c(CNC(=O)c2nc(Cl)cnc2N)[n+](CC)c2cc(C(=O)NCCOC[PH](C)=O)ccc21. The third-order valence-corrected chi connectivity index (χ3v) is 6.10. The first kappa shape index (κ1) is 26.6. The molecule has 35 heavy (non-hydrogen) atoms. The number of hydrogen-bond donors (Lipinski definition) is 3. The molecule has 2 aromatic heterocycles. The summed E-state index contributed by atoms with van der Waals surface area (Å²) < 4.78 is 20.5. The monoisotopic (exact) mass is 522 g/mol. The standard InChI is InChI=1S/C22H29ClN7O4P/c1-4-29-15-7-6-14(21(31)25-8-9-34-13-35(3)33)10-16(15)30(5-2)18(29)12-27-22(32)19-20(24)26-11-17(23)28-19/h6-7,10-11,35H,4-5,8-9,12-13H2,1-3H3,(H3-,24,25,26,27,31,32)/p+1. The van der Waals surface area contributed by atoms with Crippen molar-refractivity contribution in [3.05, 3.63) is 46.6 Å². The van der Waals surface area contributed by atoms with Gasteiger partial charge in [0.25, 0.3) is 17.6 Å². The Morgan fingerprint density at radius 1 is 1.26 bits per heavy atom. The summed E-state index contributed by atoms with van der Waals surface area (Å²) in [5, 5.41) is 5.74. The maximum Gasteiger partial charge on any atom is 0.277 e. The van der Waals surface area contributed by atoms with Crippen LogP contribution in [0.1, 0.15) is 40.5 Å². The quantitative estimate of drug-likeness (QED) is 0.198. The number of rotatable bonds is 11. The molecule has 3 aromatic rings. The van der Waals surface area contributed by atoms with Gasteiger partial charge in [-0.3, -0.25) is 9.59 Å². The van der Waals surface area contributed by atoms with Crippen LogP contribution in [0.4, 0.5) is 5.82 Å². The number of benzene rings is 1. The maximum absolute atomic E-state index is 12.7. The van der Waals surface area contributed by atoms with E-state index in [1.54, 1.807) is 12.7 Å². The van der Waals surface area contributed by atoms with Gasteiger partial charge in [-0.25, -0.2) is 19.1 Å². The molecular formula is C22H30ClN7O4P+. The fraction of sp³-hybridized carbons (Fsp3) is 0.409. The number of anilines is 1. The number of carbonyl (C=O) groups excluding carboxylic acids is 2. The summed E-state index contributed by atoms with van der Waals surface area (Å²) in [6, 6.07) is 5.49. The lowest BCUT2D eigenvalue weighted by Crippen LogP contribution is -2.40. The molecule has 1 atom stereocenters. The zero-order valence-electron chi connectivity index (χ0n) is 19.9. The van der Waals surface area contributed by atoms with Crippen LogP contribution in [0.25, 0.3) is 11.0 Å². The van der Waals surface area contributed by atoms with Crippen molar-refractivity contribution < 1.29 is 23.5 Å². The van der Waals surface area contributed by atoms with Crippen molar-refractivity contribution in [3.8, 4) is 0 Å². The Labute approximate surface area is 208 Å².